The van der Waals surface area contributed by atoms with E-state index in [1.807, 2.05) is 24.5 Å². The molecule has 0 saturated heterocycles. The van der Waals surface area contributed by atoms with Crippen LogP contribution in [0.1, 0.15) is 76.0 Å². The van der Waals surface area contributed by atoms with Gasteiger partial charge in [0.05, 0.1) is 58.2 Å². The first-order valence-corrected chi connectivity index (χ1v) is 16.2. The number of nitrogens with two attached hydrogens (primary N) is 1. The maximum Gasteiger partial charge on any atom is 0.355 e. The Balaban J connectivity index is 0.00000468. The van der Waals surface area contributed by atoms with E-state index < -0.39 is 47.9 Å². The Hall–Kier alpha value is -4.82. The largest absolute Gasteiger partial charge is 0.480 e. The summed E-state index contributed by atoms with van der Waals surface area (Å²) in [5.41, 5.74) is 8.00. The predicted octanol–water partition coefficient (Wildman–Crippen LogP) is 3.42. The summed E-state index contributed by atoms with van der Waals surface area (Å²) >= 11 is 0. The van der Waals surface area contributed by atoms with Crippen LogP contribution in [0.25, 0.3) is 22.3 Å². The Labute approximate surface area is 288 Å². The van der Waals surface area contributed by atoms with Crippen LogP contribution in [0.3, 0.4) is 0 Å². The molecule has 0 fully saturated rings. The van der Waals surface area contributed by atoms with Crippen LogP contribution in [0.2, 0.25) is 0 Å². The number of carboxylic acid groups (broad SMARTS) is 1. The number of aliphatic imine (C=N–C) groups is 1. The van der Waals surface area contributed by atoms with Gasteiger partial charge in [-0.25, -0.2) is 19.6 Å². The normalized spacial score (nSPS) is 18.0. The maximum atomic E-state index is 14.1. The summed E-state index contributed by atoms with van der Waals surface area (Å²) in [6, 6.07) is 5.06. The topological polar surface area (TPSA) is 196 Å². The number of anilines is 1. The number of pyridine rings is 2. The van der Waals surface area contributed by atoms with Crippen LogP contribution in [-0.4, -0.2) is 63.4 Å². The Morgan fingerprint density at radius 1 is 1.18 bits per heavy atom. The fraction of sp³-hybridized carbons (Fsp3) is 0.441. The number of halogens is 1. The highest BCUT2D eigenvalue weighted by atomic mass is 35.5. The molecule has 0 bridgehead atoms. The first-order chi connectivity index (χ1) is 23.0. The standard InChI is InChI=1S/C34H38N6O8.ClH/c1-4-6-7-13-39-17-36-22-9-8-10-23-27(22)29(39)19-15-40-25(28(19)37-23)14-21-20(31(40)43)16-47-33(46)34(21,5-2)48-26(41)12-11-24(32(44)45)38-30(42)18(3)35;/h8-10,14,17-18,24H,4-7,11-13,15-16,35H2,1-3H3,(H,38,42)(H,44,45);1H/t18-,24-,34-;/m0./s1. The van der Waals surface area contributed by atoms with Crippen molar-refractivity contribution in [3.8, 4) is 11.4 Å². The summed E-state index contributed by atoms with van der Waals surface area (Å²) in [5, 5.41) is 12.8. The monoisotopic (exact) mass is 694 g/mol. The number of rotatable bonds is 12. The summed E-state index contributed by atoms with van der Waals surface area (Å²) in [4.78, 5) is 76.3. The third-order valence-corrected chi connectivity index (χ3v) is 9.21. The fourth-order valence-corrected chi connectivity index (χ4v) is 6.63. The van der Waals surface area contributed by atoms with Gasteiger partial charge in [-0.05, 0) is 44.4 Å². The minimum absolute atomic E-state index is 0. The number of benzene rings is 1. The third kappa shape index (κ3) is 6.14. The number of carbonyl (C=O) groups excluding carboxylic acids is 3. The number of hydrogen-bond donors (Lipinski definition) is 3. The zero-order chi connectivity index (χ0) is 34.3. The molecule has 4 N–H and O–H groups in total. The zero-order valence-electron chi connectivity index (χ0n) is 27.5. The quantitative estimate of drug-likeness (QED) is 0.145. The number of aliphatic carboxylic acids is 1. The molecule has 2 aromatic heterocycles. The highest BCUT2D eigenvalue weighted by Gasteiger charge is 2.50. The third-order valence-electron chi connectivity index (χ3n) is 9.21. The first-order valence-electron chi connectivity index (χ1n) is 16.2. The molecular formula is C34H39ClN6O8. The van der Waals surface area contributed by atoms with Crippen molar-refractivity contribution in [2.75, 3.05) is 11.4 Å². The van der Waals surface area contributed by atoms with E-state index in [2.05, 4.69) is 22.1 Å². The Morgan fingerprint density at radius 2 is 1.96 bits per heavy atom. The Bertz CT molecular complexity index is 1940. The second-order valence-corrected chi connectivity index (χ2v) is 12.4. The molecule has 0 radical (unpaired) electrons. The summed E-state index contributed by atoms with van der Waals surface area (Å²) in [6.45, 7) is 5.88. The molecule has 0 spiro atoms. The molecule has 0 saturated carbocycles. The molecule has 3 aromatic rings. The van der Waals surface area contributed by atoms with Crippen molar-refractivity contribution < 1.29 is 33.8 Å². The van der Waals surface area contributed by atoms with Gasteiger partial charge in [0.1, 0.15) is 12.6 Å². The molecule has 49 heavy (non-hydrogen) atoms. The second-order valence-electron chi connectivity index (χ2n) is 12.4. The van der Waals surface area contributed by atoms with Crippen LogP contribution < -0.4 is 21.5 Å². The number of aromatic nitrogens is 2. The van der Waals surface area contributed by atoms with Crippen LogP contribution in [-0.2, 0) is 47.4 Å². The number of carbonyl (C=O) groups is 4. The van der Waals surface area contributed by atoms with E-state index in [1.165, 1.54) is 6.92 Å². The van der Waals surface area contributed by atoms with Crippen LogP contribution in [0.5, 0.6) is 0 Å². The lowest BCUT2D eigenvalue weighted by Gasteiger charge is -2.35. The second kappa shape index (κ2) is 14.0. The van der Waals surface area contributed by atoms with E-state index in [9.17, 15) is 29.1 Å². The van der Waals surface area contributed by atoms with Gasteiger partial charge < -0.3 is 35.1 Å². The highest BCUT2D eigenvalue weighted by molar-refractivity contribution is 6.11. The van der Waals surface area contributed by atoms with Gasteiger partial charge in [0.25, 0.3) is 5.56 Å². The molecule has 0 unspecified atom stereocenters. The van der Waals surface area contributed by atoms with Crippen LogP contribution in [0.15, 0.2) is 34.1 Å². The molecule has 3 aliphatic rings. The highest BCUT2D eigenvalue weighted by Crippen LogP contribution is 2.47. The minimum Gasteiger partial charge on any atom is -0.480 e. The first kappa shape index (κ1) is 35.5. The van der Waals surface area contributed by atoms with Crippen molar-refractivity contribution in [1.82, 2.24) is 14.9 Å². The lowest BCUT2D eigenvalue weighted by molar-refractivity contribution is -0.189. The van der Waals surface area contributed by atoms with Gasteiger partial charge in [-0.3, -0.25) is 14.4 Å². The summed E-state index contributed by atoms with van der Waals surface area (Å²) in [6.07, 6.45) is 4.10. The molecule has 3 atom stereocenters. The Kier molecular flexibility index (Phi) is 10.1. The van der Waals surface area contributed by atoms with Gasteiger partial charge in [-0.1, -0.05) is 32.8 Å². The number of cyclic esters (lactones) is 1. The van der Waals surface area contributed by atoms with Crippen molar-refractivity contribution >= 4 is 64.8 Å². The summed E-state index contributed by atoms with van der Waals surface area (Å²) in [7, 11) is 0. The van der Waals surface area contributed by atoms with E-state index in [0.29, 0.717) is 16.9 Å². The molecule has 6 rings (SSSR count). The predicted molar refractivity (Wildman–Crippen MR) is 183 cm³/mol. The number of nitrogens with zero attached hydrogens (tertiary/aromatic N) is 4. The van der Waals surface area contributed by atoms with E-state index in [0.717, 1.165) is 48.1 Å². The van der Waals surface area contributed by atoms with E-state index in [1.54, 1.807) is 17.6 Å². The van der Waals surface area contributed by atoms with E-state index in [-0.39, 0.29) is 55.1 Å². The number of amides is 1. The number of carboxylic acids is 1. The molecular weight excluding hydrogens is 656 g/mol. The number of fused-ring (bicyclic) bond motifs is 5. The average Bonchev–Trinajstić information content (AvgIpc) is 3.43. The molecule has 3 aliphatic heterocycles. The number of esters is 2. The van der Waals surface area contributed by atoms with E-state index >= 15 is 0 Å². The lowest BCUT2D eigenvalue weighted by Crippen LogP contribution is -2.48. The van der Waals surface area contributed by atoms with Gasteiger partial charge in [0.2, 0.25) is 11.5 Å². The van der Waals surface area contributed by atoms with Crippen molar-refractivity contribution in [1.29, 1.82) is 0 Å². The molecule has 1 amide bonds. The Morgan fingerprint density at radius 3 is 2.65 bits per heavy atom. The van der Waals surface area contributed by atoms with Crippen LogP contribution in [0, 0.1) is 0 Å². The van der Waals surface area contributed by atoms with Gasteiger partial charge in [-0.15, -0.1) is 12.4 Å². The molecule has 260 valence electrons. The maximum absolute atomic E-state index is 14.1. The average molecular weight is 695 g/mol. The van der Waals surface area contributed by atoms with Crippen molar-refractivity contribution in [2.45, 2.75) is 90.1 Å². The van der Waals surface area contributed by atoms with Crippen LogP contribution in [0.4, 0.5) is 11.4 Å². The van der Waals surface area contributed by atoms with Crippen LogP contribution >= 0.6 is 12.4 Å². The van der Waals surface area contributed by atoms with Gasteiger partial charge in [0, 0.05) is 24.1 Å². The molecule has 5 heterocycles. The van der Waals surface area contributed by atoms with Crippen molar-refractivity contribution in [2.24, 2.45) is 10.7 Å². The molecule has 14 nitrogen and oxygen atoms in total. The van der Waals surface area contributed by atoms with Gasteiger partial charge in [0.15, 0.2) is 0 Å². The smallest absolute Gasteiger partial charge is 0.355 e. The van der Waals surface area contributed by atoms with Crippen molar-refractivity contribution in [3.05, 3.63) is 51.3 Å². The molecule has 15 heteroatoms. The number of ether oxygens (including phenoxy) is 2. The van der Waals surface area contributed by atoms with Crippen molar-refractivity contribution in [3.63, 3.8) is 0 Å². The molecule has 0 aliphatic carbocycles. The summed E-state index contributed by atoms with van der Waals surface area (Å²) in [5.74, 6) is -3.78. The number of unbranched alkanes of at least 4 members (excludes halogenated alkanes) is 2. The minimum atomic E-state index is -1.95. The lowest BCUT2D eigenvalue weighted by atomic mass is 9.85. The van der Waals surface area contributed by atoms with Gasteiger partial charge in [-0.2, -0.15) is 0 Å². The molecule has 1 aromatic carbocycles. The van der Waals surface area contributed by atoms with E-state index in [4.69, 9.17) is 20.2 Å². The SMILES string of the molecule is CCCCCN1C=Nc2cccc3nc4c(c1c23)Cn1c-4cc2c(c1=O)COC(=O)[C@@]2(CC)OC(=O)CC[C@H](NC(=O)[C@H](C)N)C(=O)O.Cl. The fourth-order valence-electron chi connectivity index (χ4n) is 6.63. The van der Waals surface area contributed by atoms with Gasteiger partial charge >= 0.3 is 17.9 Å². The summed E-state index contributed by atoms with van der Waals surface area (Å²) < 4.78 is 12.9. The number of nitrogens with one attached hydrogen (secondary N) is 1. The number of hydrogen-bond acceptors (Lipinski definition) is 11. The zero-order valence-corrected chi connectivity index (χ0v) is 28.3.